The maximum Gasteiger partial charge on any atom is 0.339 e. The molecule has 2 N–H and O–H groups in total. The van der Waals surface area contributed by atoms with Gasteiger partial charge in [0, 0.05) is 4.47 Å². The minimum absolute atomic E-state index is 0.128. The molecular weight excluding hydrogens is 321 g/mol. The Morgan fingerprint density at radius 1 is 1.58 bits per heavy atom. The maximum atomic E-state index is 13.1. The van der Waals surface area contributed by atoms with Crippen LogP contribution in [0, 0.1) is 5.82 Å². The van der Waals surface area contributed by atoms with Crippen molar-refractivity contribution in [1.29, 1.82) is 0 Å². The van der Waals surface area contributed by atoms with E-state index >= 15 is 0 Å². The van der Waals surface area contributed by atoms with Gasteiger partial charge >= 0.3 is 5.97 Å². The number of carbonyl (C=O) groups excluding carboxylic acids is 1. The van der Waals surface area contributed by atoms with Crippen molar-refractivity contribution in [1.82, 2.24) is 20.2 Å². The van der Waals surface area contributed by atoms with E-state index in [1.54, 1.807) is 7.05 Å². The van der Waals surface area contributed by atoms with Crippen LogP contribution in [0.1, 0.15) is 16.2 Å². The zero-order valence-corrected chi connectivity index (χ0v) is 11.4. The summed E-state index contributed by atoms with van der Waals surface area (Å²) < 4.78 is 18.4. The molecule has 7 nitrogen and oxygen atoms in total. The van der Waals surface area contributed by atoms with Gasteiger partial charge in [0.05, 0.1) is 18.3 Å². The first-order valence-electron chi connectivity index (χ1n) is 5.12. The van der Waals surface area contributed by atoms with E-state index in [-0.39, 0.29) is 28.2 Å². The summed E-state index contributed by atoms with van der Waals surface area (Å²) in [6, 6.07) is 2.30. The van der Waals surface area contributed by atoms with Gasteiger partial charge in [0.2, 0.25) is 5.82 Å². The largest absolute Gasteiger partial charge is 0.454 e. The van der Waals surface area contributed by atoms with Crippen molar-refractivity contribution < 1.29 is 13.9 Å². The van der Waals surface area contributed by atoms with E-state index in [4.69, 9.17) is 10.5 Å². The van der Waals surface area contributed by atoms with Gasteiger partial charge < -0.3 is 10.5 Å². The number of hydrogen-bond acceptors (Lipinski definition) is 6. The van der Waals surface area contributed by atoms with Gasteiger partial charge in [-0.1, -0.05) is 0 Å². The van der Waals surface area contributed by atoms with Crippen molar-refractivity contribution in [2.24, 2.45) is 7.05 Å². The van der Waals surface area contributed by atoms with E-state index in [0.717, 1.165) is 6.07 Å². The topological polar surface area (TPSA) is 95.9 Å². The van der Waals surface area contributed by atoms with Gasteiger partial charge in [0.1, 0.15) is 5.82 Å². The number of tetrazole rings is 1. The number of nitrogens with two attached hydrogens (primary N) is 1. The van der Waals surface area contributed by atoms with Crippen molar-refractivity contribution in [3.8, 4) is 0 Å². The van der Waals surface area contributed by atoms with Gasteiger partial charge in [0.15, 0.2) is 6.61 Å². The molecule has 0 aliphatic rings. The van der Waals surface area contributed by atoms with Crippen LogP contribution < -0.4 is 5.73 Å². The fourth-order valence-corrected chi connectivity index (χ4v) is 1.79. The molecule has 19 heavy (non-hydrogen) atoms. The van der Waals surface area contributed by atoms with Crippen LogP contribution in [0.15, 0.2) is 16.6 Å². The molecule has 1 aromatic carbocycles. The van der Waals surface area contributed by atoms with E-state index < -0.39 is 11.8 Å². The minimum atomic E-state index is -0.661. The zero-order chi connectivity index (χ0) is 14.0. The van der Waals surface area contributed by atoms with Crippen LogP contribution >= 0.6 is 15.9 Å². The van der Waals surface area contributed by atoms with Crippen LogP contribution in [0.2, 0.25) is 0 Å². The molecule has 0 aliphatic heterocycles. The Hall–Kier alpha value is -2.03. The second kappa shape index (κ2) is 5.31. The fraction of sp³-hybridized carbons (Fsp3) is 0.200. The lowest BCUT2D eigenvalue weighted by Gasteiger charge is -2.06. The normalized spacial score (nSPS) is 10.5. The molecule has 0 saturated heterocycles. The molecule has 0 bridgehead atoms. The minimum Gasteiger partial charge on any atom is -0.454 e. The lowest BCUT2D eigenvalue weighted by molar-refractivity contribution is 0.0461. The van der Waals surface area contributed by atoms with E-state index in [1.807, 2.05) is 0 Å². The highest BCUT2D eigenvalue weighted by molar-refractivity contribution is 9.10. The van der Waals surface area contributed by atoms with E-state index in [2.05, 4.69) is 31.3 Å². The molecule has 0 saturated carbocycles. The predicted octanol–water partition coefficient (Wildman–Crippen LogP) is 1.05. The zero-order valence-electron chi connectivity index (χ0n) is 9.80. The molecule has 1 aromatic heterocycles. The van der Waals surface area contributed by atoms with E-state index in [1.165, 1.54) is 10.9 Å². The molecule has 2 rings (SSSR count). The van der Waals surface area contributed by atoms with Crippen LogP contribution in [-0.4, -0.2) is 26.2 Å². The highest BCUT2D eigenvalue weighted by Crippen LogP contribution is 2.23. The number of aromatic nitrogens is 4. The molecule has 0 aliphatic carbocycles. The summed E-state index contributed by atoms with van der Waals surface area (Å²) in [7, 11) is 1.59. The number of nitrogen functional groups attached to an aromatic ring is 1. The van der Waals surface area contributed by atoms with Crippen LogP contribution in [0.5, 0.6) is 0 Å². The van der Waals surface area contributed by atoms with Crippen molar-refractivity contribution >= 4 is 27.6 Å². The van der Waals surface area contributed by atoms with Crippen LogP contribution in [0.4, 0.5) is 10.1 Å². The number of rotatable bonds is 3. The summed E-state index contributed by atoms with van der Waals surface area (Å²) in [6.45, 7) is -0.129. The summed E-state index contributed by atoms with van der Waals surface area (Å²) in [5.74, 6) is -1.01. The molecule has 0 spiro atoms. The number of anilines is 1. The number of aryl methyl sites for hydroxylation is 1. The Morgan fingerprint density at radius 3 is 2.95 bits per heavy atom. The average molecular weight is 330 g/mol. The second-order valence-electron chi connectivity index (χ2n) is 3.62. The lowest BCUT2D eigenvalue weighted by Crippen LogP contribution is -2.08. The number of benzene rings is 1. The standard InChI is InChI=1S/C10H9BrFN5O2/c1-17-15-9(14-16-17)4-19-10(18)5-2-8(13)7(12)3-6(5)11/h2-3H,4,13H2,1H3. The lowest BCUT2D eigenvalue weighted by atomic mass is 10.2. The van der Waals surface area contributed by atoms with Crippen molar-refractivity contribution in [2.45, 2.75) is 6.61 Å². The molecule has 2 aromatic rings. The van der Waals surface area contributed by atoms with Gasteiger partial charge in [-0.05, 0) is 33.3 Å². The van der Waals surface area contributed by atoms with E-state index in [0.29, 0.717) is 0 Å². The first-order valence-corrected chi connectivity index (χ1v) is 5.91. The highest BCUT2D eigenvalue weighted by Gasteiger charge is 2.15. The third kappa shape index (κ3) is 3.05. The summed E-state index contributed by atoms with van der Waals surface area (Å²) in [6.07, 6.45) is 0. The second-order valence-corrected chi connectivity index (χ2v) is 4.48. The molecule has 0 amide bonds. The Labute approximate surface area is 115 Å². The average Bonchev–Trinajstić information content (AvgIpc) is 2.77. The van der Waals surface area contributed by atoms with E-state index in [9.17, 15) is 9.18 Å². The molecule has 0 fully saturated rings. The van der Waals surface area contributed by atoms with Gasteiger partial charge in [-0.3, -0.25) is 0 Å². The molecule has 9 heteroatoms. The number of esters is 1. The number of carbonyl (C=O) groups is 1. The molecular formula is C10H9BrFN5O2. The molecule has 1 heterocycles. The Kier molecular flexibility index (Phi) is 3.74. The molecule has 0 radical (unpaired) electrons. The predicted molar refractivity (Wildman–Crippen MR) is 66.4 cm³/mol. The number of nitrogens with zero attached hydrogens (tertiary/aromatic N) is 4. The summed E-state index contributed by atoms with van der Waals surface area (Å²) in [4.78, 5) is 13.0. The van der Waals surface area contributed by atoms with Crippen LogP contribution in [0.3, 0.4) is 0 Å². The Bertz CT molecular complexity index is 630. The van der Waals surface area contributed by atoms with Gasteiger partial charge in [-0.2, -0.15) is 4.80 Å². The Balaban J connectivity index is 2.10. The summed E-state index contributed by atoms with van der Waals surface area (Å²) in [5.41, 5.74) is 5.39. The summed E-state index contributed by atoms with van der Waals surface area (Å²) in [5, 5.41) is 11.1. The maximum absolute atomic E-state index is 13.1. The first kappa shape index (κ1) is 13.4. The van der Waals surface area contributed by atoms with Gasteiger partial charge in [0.25, 0.3) is 0 Å². The number of halogens is 2. The quantitative estimate of drug-likeness (QED) is 0.668. The number of hydrogen-bond donors (Lipinski definition) is 1. The molecule has 0 atom stereocenters. The van der Waals surface area contributed by atoms with Crippen molar-refractivity contribution in [3.05, 3.63) is 33.8 Å². The summed E-state index contributed by atoms with van der Waals surface area (Å²) >= 11 is 3.07. The van der Waals surface area contributed by atoms with Crippen molar-refractivity contribution in [3.63, 3.8) is 0 Å². The third-order valence-corrected chi connectivity index (χ3v) is 2.84. The molecule has 0 unspecified atom stereocenters. The number of ether oxygens (including phenoxy) is 1. The smallest absolute Gasteiger partial charge is 0.339 e. The highest BCUT2D eigenvalue weighted by atomic mass is 79.9. The fourth-order valence-electron chi connectivity index (χ4n) is 1.31. The SMILES string of the molecule is Cn1nnc(COC(=O)c2cc(N)c(F)cc2Br)n1. The molecule has 100 valence electrons. The van der Waals surface area contributed by atoms with Gasteiger partial charge in [-0.15, -0.1) is 10.2 Å². The van der Waals surface area contributed by atoms with Gasteiger partial charge in [-0.25, -0.2) is 9.18 Å². The Morgan fingerprint density at radius 2 is 2.32 bits per heavy atom. The van der Waals surface area contributed by atoms with Crippen LogP contribution in [-0.2, 0) is 18.4 Å². The monoisotopic (exact) mass is 329 g/mol. The third-order valence-electron chi connectivity index (χ3n) is 2.19. The van der Waals surface area contributed by atoms with Crippen molar-refractivity contribution in [2.75, 3.05) is 5.73 Å². The van der Waals surface area contributed by atoms with Crippen LogP contribution in [0.25, 0.3) is 0 Å². The first-order chi connectivity index (χ1) is 8.97.